The van der Waals surface area contributed by atoms with Crippen LogP contribution in [-0.4, -0.2) is 48.1 Å². The number of hydrogen-bond donors (Lipinski definition) is 0. The van der Waals surface area contributed by atoms with Crippen molar-refractivity contribution in [1.29, 1.82) is 0 Å². The number of thiazole rings is 1. The summed E-state index contributed by atoms with van der Waals surface area (Å²) in [5.41, 5.74) is 2.69. The minimum absolute atomic E-state index is 0.0188. The van der Waals surface area contributed by atoms with Gasteiger partial charge in [-0.25, -0.2) is 4.98 Å². The van der Waals surface area contributed by atoms with Crippen LogP contribution < -0.4 is 4.90 Å². The predicted octanol–water partition coefficient (Wildman–Crippen LogP) is 2.22. The lowest BCUT2D eigenvalue weighted by atomic mass is 10.3. The van der Waals surface area contributed by atoms with Crippen LogP contribution >= 0.6 is 11.3 Å². The average Bonchev–Trinajstić information content (AvgIpc) is 2.81. The van der Waals surface area contributed by atoms with Crippen molar-refractivity contribution >= 4 is 22.2 Å². The number of aryl methyl sites for hydroxylation is 1. The number of allylic oxidation sites excluding steroid dienone is 1. The summed E-state index contributed by atoms with van der Waals surface area (Å²) in [5.74, 6) is -0.594. The molecule has 2 rings (SSSR count). The van der Waals surface area contributed by atoms with Crippen molar-refractivity contribution in [1.82, 2.24) is 9.88 Å². The molecule has 0 unspecified atom stereocenters. The number of nitrogens with zero attached hydrogens (tertiary/aromatic N) is 3. The quantitative estimate of drug-likeness (QED) is 0.786. The van der Waals surface area contributed by atoms with Gasteiger partial charge in [-0.2, -0.15) is 13.2 Å². The predicted molar refractivity (Wildman–Crippen MR) is 70.8 cm³/mol. The van der Waals surface area contributed by atoms with Crippen molar-refractivity contribution in [3.63, 3.8) is 0 Å². The molecule has 1 aromatic rings. The molecule has 0 aliphatic carbocycles. The van der Waals surface area contributed by atoms with Crippen LogP contribution in [0.2, 0.25) is 0 Å². The molecule has 0 bridgehead atoms. The van der Waals surface area contributed by atoms with E-state index in [2.05, 4.69) is 9.88 Å². The van der Waals surface area contributed by atoms with E-state index in [0.717, 1.165) is 10.7 Å². The molecular weight excluding hydrogens is 291 g/mol. The number of hydrogen-bond acceptors (Lipinski definition) is 4. The summed E-state index contributed by atoms with van der Waals surface area (Å²) in [4.78, 5) is 19.3. The van der Waals surface area contributed by atoms with Crippen LogP contribution in [0.1, 0.15) is 5.69 Å². The van der Waals surface area contributed by atoms with Gasteiger partial charge in [-0.15, -0.1) is 11.3 Å². The molecule has 1 fully saturated rings. The third kappa shape index (κ3) is 3.72. The minimum Gasteiger partial charge on any atom is -0.358 e. The zero-order chi connectivity index (χ0) is 14.8. The second-order valence-corrected chi connectivity index (χ2v) is 5.26. The highest BCUT2D eigenvalue weighted by atomic mass is 32.1. The fourth-order valence-corrected chi connectivity index (χ4v) is 2.87. The number of halogens is 3. The number of alkyl halides is 3. The molecule has 1 aliphatic rings. The van der Waals surface area contributed by atoms with Crippen molar-refractivity contribution in [2.24, 2.45) is 0 Å². The van der Waals surface area contributed by atoms with Crippen molar-refractivity contribution in [3.8, 4) is 0 Å². The van der Waals surface area contributed by atoms with Gasteiger partial charge in [0.25, 0.3) is 0 Å². The van der Waals surface area contributed by atoms with E-state index in [1.54, 1.807) is 5.51 Å². The van der Waals surface area contributed by atoms with Crippen LogP contribution in [0.25, 0.3) is 0 Å². The standard InChI is InChI=1S/C12H14F3N3OS/c1-9-11(20-8-16-9)18-6-4-17(5-7-18)10(19)2-3-12(13,14)15/h2-3,8H,4-7H2,1H3. The Balaban J connectivity index is 1.90. The number of piperazine rings is 1. The molecule has 0 spiro atoms. The molecule has 1 aliphatic heterocycles. The summed E-state index contributed by atoms with van der Waals surface area (Å²) in [6, 6.07) is 0. The fraction of sp³-hybridized carbons (Fsp3) is 0.500. The molecule has 0 saturated carbocycles. The van der Waals surface area contributed by atoms with Gasteiger partial charge in [-0.3, -0.25) is 4.79 Å². The average molecular weight is 305 g/mol. The second kappa shape index (κ2) is 5.82. The van der Waals surface area contributed by atoms with Gasteiger partial charge in [-0.1, -0.05) is 0 Å². The van der Waals surface area contributed by atoms with Crippen LogP contribution in [0.4, 0.5) is 18.2 Å². The Morgan fingerprint density at radius 3 is 2.50 bits per heavy atom. The minimum atomic E-state index is -4.45. The normalized spacial score (nSPS) is 17.0. The fourth-order valence-electron chi connectivity index (χ4n) is 2.00. The number of rotatable bonds is 2. The third-order valence-electron chi connectivity index (χ3n) is 3.01. The first-order valence-corrected chi connectivity index (χ1v) is 6.95. The molecule has 0 radical (unpaired) electrons. The summed E-state index contributed by atoms with van der Waals surface area (Å²) in [6.07, 6.45) is -3.88. The monoisotopic (exact) mass is 305 g/mol. The Morgan fingerprint density at radius 2 is 2.00 bits per heavy atom. The molecule has 1 amide bonds. The van der Waals surface area contributed by atoms with Crippen LogP contribution in [0, 0.1) is 6.92 Å². The van der Waals surface area contributed by atoms with Crippen LogP contribution in [-0.2, 0) is 4.79 Å². The van der Waals surface area contributed by atoms with E-state index < -0.39 is 12.1 Å². The summed E-state index contributed by atoms with van der Waals surface area (Å²) < 4.78 is 36.0. The molecule has 0 N–H and O–H groups in total. The molecule has 110 valence electrons. The number of carbonyl (C=O) groups excluding carboxylic acids is 1. The Bertz CT molecular complexity index is 504. The lowest BCUT2D eigenvalue weighted by molar-refractivity contribution is -0.127. The van der Waals surface area contributed by atoms with E-state index in [0.29, 0.717) is 32.3 Å². The van der Waals surface area contributed by atoms with E-state index in [1.807, 2.05) is 6.92 Å². The Morgan fingerprint density at radius 1 is 1.35 bits per heavy atom. The maximum absolute atomic E-state index is 12.0. The molecule has 2 heterocycles. The second-order valence-electron chi connectivity index (χ2n) is 4.43. The SMILES string of the molecule is Cc1ncsc1N1CCN(C(=O)C=CC(F)(F)F)CC1. The van der Waals surface area contributed by atoms with Crippen molar-refractivity contribution in [2.45, 2.75) is 13.1 Å². The maximum Gasteiger partial charge on any atom is 0.409 e. The van der Waals surface area contributed by atoms with E-state index in [-0.39, 0.29) is 6.08 Å². The number of aromatic nitrogens is 1. The lowest BCUT2D eigenvalue weighted by Crippen LogP contribution is -2.48. The van der Waals surface area contributed by atoms with Crippen LogP contribution in [0.5, 0.6) is 0 Å². The summed E-state index contributed by atoms with van der Waals surface area (Å²) in [7, 11) is 0. The van der Waals surface area contributed by atoms with Gasteiger partial charge in [0, 0.05) is 38.3 Å². The summed E-state index contributed by atoms with van der Waals surface area (Å²) >= 11 is 1.53. The lowest BCUT2D eigenvalue weighted by Gasteiger charge is -2.35. The highest BCUT2D eigenvalue weighted by Crippen LogP contribution is 2.25. The maximum atomic E-state index is 12.0. The zero-order valence-electron chi connectivity index (χ0n) is 10.9. The molecule has 4 nitrogen and oxygen atoms in total. The number of amides is 1. The Labute approximate surface area is 118 Å². The number of carbonyl (C=O) groups is 1. The number of anilines is 1. The largest absolute Gasteiger partial charge is 0.409 e. The van der Waals surface area contributed by atoms with Crippen molar-refractivity contribution in [3.05, 3.63) is 23.4 Å². The summed E-state index contributed by atoms with van der Waals surface area (Å²) in [6.45, 7) is 3.95. The van der Waals surface area contributed by atoms with Crippen LogP contribution in [0.15, 0.2) is 17.7 Å². The first kappa shape index (κ1) is 14.8. The third-order valence-corrected chi connectivity index (χ3v) is 4.00. The van der Waals surface area contributed by atoms with E-state index in [9.17, 15) is 18.0 Å². The zero-order valence-corrected chi connectivity index (χ0v) is 11.7. The van der Waals surface area contributed by atoms with Gasteiger partial charge in [0.05, 0.1) is 11.2 Å². The first-order valence-electron chi connectivity index (χ1n) is 6.07. The molecule has 1 aromatic heterocycles. The van der Waals surface area contributed by atoms with E-state index in [4.69, 9.17) is 0 Å². The summed E-state index contributed by atoms with van der Waals surface area (Å²) in [5, 5.41) is 1.06. The van der Waals surface area contributed by atoms with Gasteiger partial charge in [-0.05, 0) is 6.92 Å². The molecule has 20 heavy (non-hydrogen) atoms. The molecule has 0 atom stereocenters. The molecule has 8 heteroatoms. The van der Waals surface area contributed by atoms with Crippen molar-refractivity contribution < 1.29 is 18.0 Å². The van der Waals surface area contributed by atoms with Gasteiger partial charge < -0.3 is 9.80 Å². The van der Waals surface area contributed by atoms with Gasteiger partial charge in [0.15, 0.2) is 0 Å². The van der Waals surface area contributed by atoms with E-state index >= 15 is 0 Å². The van der Waals surface area contributed by atoms with E-state index in [1.165, 1.54) is 16.2 Å². The Hall–Kier alpha value is -1.57. The highest BCUT2D eigenvalue weighted by molar-refractivity contribution is 7.14. The van der Waals surface area contributed by atoms with Gasteiger partial charge in [0.1, 0.15) is 5.00 Å². The topological polar surface area (TPSA) is 36.4 Å². The Kier molecular flexibility index (Phi) is 4.32. The van der Waals surface area contributed by atoms with Gasteiger partial charge >= 0.3 is 6.18 Å². The van der Waals surface area contributed by atoms with Crippen LogP contribution in [0.3, 0.4) is 0 Å². The smallest absolute Gasteiger partial charge is 0.358 e. The highest BCUT2D eigenvalue weighted by Gasteiger charge is 2.25. The molecular formula is C12H14F3N3OS. The first-order chi connectivity index (χ1) is 9.37. The molecule has 0 aromatic carbocycles. The van der Waals surface area contributed by atoms with Crippen molar-refractivity contribution in [2.75, 3.05) is 31.1 Å². The molecule has 1 saturated heterocycles. The van der Waals surface area contributed by atoms with Gasteiger partial charge in [0.2, 0.25) is 5.91 Å².